The van der Waals surface area contributed by atoms with Gasteiger partial charge in [0.1, 0.15) is 12.4 Å². The Balaban J connectivity index is 1.06. The maximum absolute atomic E-state index is 13.5. The number of nitrogens with one attached hydrogen (secondary N) is 1. The molecule has 2 heterocycles. The molecule has 0 bridgehead atoms. The van der Waals surface area contributed by atoms with Crippen molar-refractivity contribution in [3.8, 4) is 11.1 Å². The van der Waals surface area contributed by atoms with Gasteiger partial charge in [0.15, 0.2) is 0 Å². The van der Waals surface area contributed by atoms with Gasteiger partial charge in [0, 0.05) is 25.2 Å². The van der Waals surface area contributed by atoms with E-state index in [2.05, 4.69) is 35.6 Å². The minimum Gasteiger partial charge on any atom is -0.356 e. The predicted octanol–water partition coefficient (Wildman–Crippen LogP) is 5.97. The van der Waals surface area contributed by atoms with E-state index in [1.807, 2.05) is 82.3 Å². The van der Waals surface area contributed by atoms with Crippen LogP contribution in [0.4, 0.5) is 5.69 Å². The number of hydrogen-bond acceptors (Lipinski definition) is 3. The second-order valence-corrected chi connectivity index (χ2v) is 10.6. The van der Waals surface area contributed by atoms with Crippen LogP contribution in [0.15, 0.2) is 103 Å². The third kappa shape index (κ3) is 6.07. The molecule has 4 aromatic carbocycles. The number of imidazole rings is 1. The molecule has 0 fully saturated rings. The van der Waals surface area contributed by atoms with Crippen LogP contribution in [-0.2, 0) is 35.4 Å². The van der Waals surface area contributed by atoms with Crippen LogP contribution in [0.2, 0.25) is 0 Å². The van der Waals surface area contributed by atoms with Crippen molar-refractivity contribution in [2.45, 2.75) is 38.6 Å². The van der Waals surface area contributed by atoms with Gasteiger partial charge in [-0.2, -0.15) is 0 Å². The van der Waals surface area contributed by atoms with Crippen LogP contribution in [0.1, 0.15) is 29.8 Å². The number of aromatic nitrogens is 2. The van der Waals surface area contributed by atoms with Crippen molar-refractivity contribution in [3.63, 3.8) is 0 Å². The summed E-state index contributed by atoms with van der Waals surface area (Å²) in [4.78, 5) is 32.9. The molecular formula is C35H34N4O2. The minimum atomic E-state index is 0.00454. The normalized spacial score (nSPS) is 12.7. The highest BCUT2D eigenvalue weighted by Gasteiger charge is 2.24. The molecule has 6 rings (SSSR count). The Morgan fingerprint density at radius 3 is 2.39 bits per heavy atom. The monoisotopic (exact) mass is 542 g/mol. The van der Waals surface area contributed by atoms with E-state index < -0.39 is 0 Å². The summed E-state index contributed by atoms with van der Waals surface area (Å²) in [5, 5.41) is 3.05. The molecule has 5 aromatic rings. The van der Waals surface area contributed by atoms with Gasteiger partial charge in [0.05, 0.1) is 17.5 Å². The van der Waals surface area contributed by atoms with Gasteiger partial charge in [-0.25, -0.2) is 4.98 Å². The lowest BCUT2D eigenvalue weighted by molar-refractivity contribution is -0.120. The number of hydrogen-bond donors (Lipinski definition) is 1. The Kier molecular flexibility index (Phi) is 7.90. The van der Waals surface area contributed by atoms with E-state index in [1.165, 1.54) is 5.56 Å². The van der Waals surface area contributed by atoms with Gasteiger partial charge in [-0.15, -0.1) is 0 Å². The highest BCUT2D eigenvalue weighted by atomic mass is 16.2. The lowest BCUT2D eigenvalue weighted by atomic mass is 10.0. The fraction of sp³-hybridized carbons (Fsp3) is 0.229. The van der Waals surface area contributed by atoms with Crippen LogP contribution >= 0.6 is 0 Å². The molecule has 0 radical (unpaired) electrons. The first kappa shape index (κ1) is 26.5. The fourth-order valence-electron chi connectivity index (χ4n) is 5.67. The number of nitrogens with zero attached hydrogens (tertiary/aromatic N) is 3. The van der Waals surface area contributed by atoms with Crippen molar-refractivity contribution in [1.82, 2.24) is 14.9 Å². The molecule has 1 aliphatic rings. The van der Waals surface area contributed by atoms with Gasteiger partial charge in [-0.1, -0.05) is 84.9 Å². The van der Waals surface area contributed by atoms with E-state index in [0.717, 1.165) is 65.0 Å². The summed E-state index contributed by atoms with van der Waals surface area (Å²) >= 11 is 0. The van der Waals surface area contributed by atoms with Gasteiger partial charge in [-0.3, -0.25) is 9.59 Å². The summed E-state index contributed by atoms with van der Waals surface area (Å²) < 4.78 is 2.05. The van der Waals surface area contributed by atoms with E-state index in [1.54, 1.807) is 0 Å². The number of rotatable bonds is 9. The van der Waals surface area contributed by atoms with Crippen LogP contribution in [0.3, 0.4) is 0 Å². The van der Waals surface area contributed by atoms with Crippen molar-refractivity contribution < 1.29 is 9.59 Å². The number of para-hydroxylation sites is 3. The maximum atomic E-state index is 13.5. The Morgan fingerprint density at radius 1 is 0.805 bits per heavy atom. The molecule has 1 N–H and O–H groups in total. The Morgan fingerprint density at radius 2 is 1.54 bits per heavy atom. The summed E-state index contributed by atoms with van der Waals surface area (Å²) in [6, 6.07) is 34.5. The topological polar surface area (TPSA) is 67.2 Å². The molecule has 2 amide bonds. The number of amides is 2. The summed E-state index contributed by atoms with van der Waals surface area (Å²) in [5.74, 6) is 0.952. The van der Waals surface area contributed by atoms with Crippen molar-refractivity contribution in [1.29, 1.82) is 0 Å². The predicted molar refractivity (Wildman–Crippen MR) is 164 cm³/mol. The van der Waals surface area contributed by atoms with Gasteiger partial charge in [0.25, 0.3) is 0 Å². The molecule has 41 heavy (non-hydrogen) atoms. The van der Waals surface area contributed by atoms with E-state index >= 15 is 0 Å². The number of anilines is 1. The van der Waals surface area contributed by atoms with Gasteiger partial charge in [-0.05, 0) is 59.7 Å². The smallest absolute Gasteiger partial charge is 0.246 e. The number of aryl methyl sites for hydroxylation is 2. The average Bonchev–Trinajstić information content (AvgIpc) is 3.36. The van der Waals surface area contributed by atoms with Gasteiger partial charge >= 0.3 is 0 Å². The molecule has 206 valence electrons. The standard InChI is InChI=1S/C35H34N4O2/c40-34(24-26-18-20-28(21-19-26)27-10-2-1-3-11-27)36-22-8-17-33-37-30-14-5-7-16-32(30)39(33)25-35(41)38-23-9-13-29-12-4-6-15-31(29)38/h1-7,10-12,14-16,18-21H,8-9,13,17,22-25H2,(H,36,40). The molecule has 0 spiro atoms. The van der Waals surface area contributed by atoms with Gasteiger partial charge in [0.2, 0.25) is 11.8 Å². The van der Waals surface area contributed by atoms with E-state index in [-0.39, 0.29) is 18.4 Å². The average molecular weight is 543 g/mol. The minimum absolute atomic E-state index is 0.00454. The summed E-state index contributed by atoms with van der Waals surface area (Å²) in [7, 11) is 0. The molecule has 0 atom stereocenters. The van der Waals surface area contributed by atoms with Crippen LogP contribution in [0.5, 0.6) is 0 Å². The molecule has 6 nitrogen and oxygen atoms in total. The van der Waals surface area contributed by atoms with Crippen molar-refractivity contribution in [3.05, 3.63) is 120 Å². The first-order chi connectivity index (χ1) is 20.2. The zero-order valence-electron chi connectivity index (χ0n) is 23.1. The summed E-state index contributed by atoms with van der Waals surface area (Å²) in [6.45, 7) is 1.53. The van der Waals surface area contributed by atoms with Gasteiger partial charge < -0.3 is 14.8 Å². The van der Waals surface area contributed by atoms with Crippen LogP contribution in [0.25, 0.3) is 22.2 Å². The number of benzene rings is 4. The number of carbonyl (C=O) groups excluding carboxylic acids is 2. The Labute approximate surface area is 240 Å². The fourth-order valence-corrected chi connectivity index (χ4v) is 5.67. The summed E-state index contributed by atoms with van der Waals surface area (Å²) in [6.07, 6.45) is 3.73. The molecular weight excluding hydrogens is 508 g/mol. The third-order valence-electron chi connectivity index (χ3n) is 7.76. The first-order valence-corrected chi connectivity index (χ1v) is 14.4. The lowest BCUT2D eigenvalue weighted by Crippen LogP contribution is -2.38. The van der Waals surface area contributed by atoms with E-state index in [9.17, 15) is 9.59 Å². The van der Waals surface area contributed by atoms with Crippen molar-refractivity contribution >= 4 is 28.5 Å². The summed E-state index contributed by atoms with van der Waals surface area (Å²) in [5.41, 5.74) is 7.39. The number of fused-ring (bicyclic) bond motifs is 2. The quantitative estimate of drug-likeness (QED) is 0.233. The largest absolute Gasteiger partial charge is 0.356 e. The van der Waals surface area contributed by atoms with Crippen LogP contribution in [-0.4, -0.2) is 34.5 Å². The molecule has 0 aliphatic carbocycles. The maximum Gasteiger partial charge on any atom is 0.246 e. The molecule has 1 aromatic heterocycles. The lowest BCUT2D eigenvalue weighted by Gasteiger charge is -2.29. The SMILES string of the molecule is O=C(Cc1ccc(-c2ccccc2)cc1)NCCCc1nc2ccccc2n1CC(=O)N1CCCc2ccccc21. The molecule has 6 heteroatoms. The van der Waals surface area contributed by atoms with E-state index in [4.69, 9.17) is 4.98 Å². The highest BCUT2D eigenvalue weighted by molar-refractivity contribution is 5.95. The Bertz CT molecular complexity index is 1660. The molecule has 1 aliphatic heterocycles. The second-order valence-electron chi connectivity index (χ2n) is 10.6. The number of carbonyl (C=O) groups is 2. The Hall–Kier alpha value is -4.71. The van der Waals surface area contributed by atoms with E-state index in [0.29, 0.717) is 19.4 Å². The molecule has 0 saturated carbocycles. The zero-order valence-corrected chi connectivity index (χ0v) is 23.1. The molecule has 0 unspecified atom stereocenters. The third-order valence-corrected chi connectivity index (χ3v) is 7.76. The highest BCUT2D eigenvalue weighted by Crippen LogP contribution is 2.27. The van der Waals surface area contributed by atoms with Crippen molar-refractivity contribution in [2.24, 2.45) is 0 Å². The first-order valence-electron chi connectivity index (χ1n) is 14.4. The second kappa shape index (κ2) is 12.2. The van der Waals surface area contributed by atoms with Crippen LogP contribution < -0.4 is 10.2 Å². The van der Waals surface area contributed by atoms with Crippen LogP contribution in [0, 0.1) is 0 Å². The zero-order chi connectivity index (χ0) is 28.0. The van der Waals surface area contributed by atoms with Crippen molar-refractivity contribution in [2.75, 3.05) is 18.0 Å². The molecule has 0 saturated heterocycles.